The van der Waals surface area contributed by atoms with Gasteiger partial charge < -0.3 is 9.73 Å². The molecule has 0 saturated heterocycles. The molecule has 2 rings (SSSR count). The summed E-state index contributed by atoms with van der Waals surface area (Å²) in [7, 11) is -3.63. The summed E-state index contributed by atoms with van der Waals surface area (Å²) in [5.74, 6) is 0.572. The lowest BCUT2D eigenvalue weighted by atomic mass is 10.1. The maximum absolute atomic E-state index is 12.4. The van der Waals surface area contributed by atoms with Crippen molar-refractivity contribution in [3.8, 4) is 0 Å². The number of amides is 1. The van der Waals surface area contributed by atoms with E-state index in [1.807, 2.05) is 19.1 Å². The molecule has 0 aliphatic rings. The normalized spacial score (nSPS) is 13.0. The zero-order valence-corrected chi connectivity index (χ0v) is 15.5. The Hall–Kier alpha value is -2.12. The van der Waals surface area contributed by atoms with Crippen LogP contribution in [-0.4, -0.2) is 26.4 Å². The highest BCUT2D eigenvalue weighted by Gasteiger charge is 2.18. The SMILES string of the molecule is CC(C)NS(=O)(=O)c1cccc(C(=O)N[C@H](C)CCc2ccco2)c1. The lowest BCUT2D eigenvalue weighted by Crippen LogP contribution is -2.33. The Bertz CT molecular complexity index is 798. The molecule has 1 amide bonds. The van der Waals surface area contributed by atoms with Crippen LogP contribution in [0.3, 0.4) is 0 Å². The lowest BCUT2D eigenvalue weighted by molar-refractivity contribution is 0.0938. The summed E-state index contributed by atoms with van der Waals surface area (Å²) in [5, 5.41) is 2.88. The highest BCUT2D eigenvalue weighted by molar-refractivity contribution is 7.89. The van der Waals surface area contributed by atoms with E-state index in [0.29, 0.717) is 5.56 Å². The van der Waals surface area contributed by atoms with Gasteiger partial charge in [0, 0.05) is 24.1 Å². The Morgan fingerprint density at radius 2 is 1.92 bits per heavy atom. The maximum atomic E-state index is 12.4. The van der Waals surface area contributed by atoms with Gasteiger partial charge in [0.05, 0.1) is 11.2 Å². The van der Waals surface area contributed by atoms with E-state index in [1.165, 1.54) is 12.1 Å². The average molecular weight is 364 g/mol. The number of aryl methyl sites for hydroxylation is 1. The first-order valence-corrected chi connectivity index (χ1v) is 9.72. The second kappa shape index (κ2) is 8.31. The number of hydrogen-bond donors (Lipinski definition) is 2. The number of furan rings is 1. The first-order valence-electron chi connectivity index (χ1n) is 8.23. The summed E-state index contributed by atoms with van der Waals surface area (Å²) >= 11 is 0. The van der Waals surface area contributed by atoms with E-state index in [2.05, 4.69) is 10.0 Å². The molecule has 2 N–H and O–H groups in total. The van der Waals surface area contributed by atoms with Crippen LogP contribution < -0.4 is 10.0 Å². The van der Waals surface area contributed by atoms with Crippen LogP contribution in [0.2, 0.25) is 0 Å². The van der Waals surface area contributed by atoms with Gasteiger partial charge in [-0.05, 0) is 57.5 Å². The third-order valence-electron chi connectivity index (χ3n) is 3.58. The standard InChI is InChI=1S/C18H24N2O4S/c1-13(2)20-25(22,23)17-8-4-6-15(12-17)18(21)19-14(3)9-10-16-7-5-11-24-16/h4-8,11-14,20H,9-10H2,1-3H3,(H,19,21)/t14-/m1/s1. The van der Waals surface area contributed by atoms with Gasteiger partial charge in [-0.3, -0.25) is 4.79 Å². The fourth-order valence-corrected chi connectivity index (χ4v) is 3.67. The molecule has 25 heavy (non-hydrogen) atoms. The number of rotatable bonds is 8. The minimum atomic E-state index is -3.63. The van der Waals surface area contributed by atoms with Crippen LogP contribution in [0.1, 0.15) is 43.3 Å². The van der Waals surface area contributed by atoms with E-state index in [9.17, 15) is 13.2 Å². The van der Waals surface area contributed by atoms with Crippen molar-refractivity contribution in [2.24, 2.45) is 0 Å². The largest absolute Gasteiger partial charge is 0.469 e. The van der Waals surface area contributed by atoms with Gasteiger partial charge in [0.25, 0.3) is 5.91 Å². The summed E-state index contributed by atoms with van der Waals surface area (Å²) in [6.07, 6.45) is 3.07. The Kier molecular flexibility index (Phi) is 6.39. The van der Waals surface area contributed by atoms with E-state index in [1.54, 1.807) is 32.2 Å². The number of sulfonamides is 1. The van der Waals surface area contributed by atoms with Crippen molar-refractivity contribution in [3.63, 3.8) is 0 Å². The van der Waals surface area contributed by atoms with E-state index in [0.717, 1.165) is 18.6 Å². The van der Waals surface area contributed by atoms with Crippen molar-refractivity contribution < 1.29 is 17.6 Å². The molecule has 1 heterocycles. The molecular formula is C18H24N2O4S. The van der Waals surface area contributed by atoms with Gasteiger partial charge in [-0.2, -0.15) is 0 Å². The van der Waals surface area contributed by atoms with Crippen molar-refractivity contribution in [2.45, 2.75) is 50.6 Å². The Balaban J connectivity index is 2.00. The fourth-order valence-electron chi connectivity index (χ4n) is 2.38. The van der Waals surface area contributed by atoms with Crippen molar-refractivity contribution in [3.05, 3.63) is 54.0 Å². The smallest absolute Gasteiger partial charge is 0.251 e. The molecule has 0 radical (unpaired) electrons. The predicted molar refractivity (Wildman–Crippen MR) is 95.9 cm³/mol. The third kappa shape index (κ3) is 5.72. The summed E-state index contributed by atoms with van der Waals surface area (Å²) in [4.78, 5) is 12.4. The van der Waals surface area contributed by atoms with Crippen LogP contribution in [0, 0.1) is 0 Å². The summed E-state index contributed by atoms with van der Waals surface area (Å²) in [6, 6.07) is 9.47. The summed E-state index contributed by atoms with van der Waals surface area (Å²) in [6.45, 7) is 5.39. The van der Waals surface area contributed by atoms with Gasteiger partial charge in [0.1, 0.15) is 5.76 Å². The van der Waals surface area contributed by atoms with Crippen molar-refractivity contribution in [1.82, 2.24) is 10.0 Å². The highest BCUT2D eigenvalue weighted by atomic mass is 32.2. The quantitative estimate of drug-likeness (QED) is 0.754. The van der Waals surface area contributed by atoms with Gasteiger partial charge in [0.15, 0.2) is 0 Å². The zero-order valence-electron chi connectivity index (χ0n) is 14.7. The molecule has 1 aromatic carbocycles. The predicted octanol–water partition coefficient (Wildman–Crippen LogP) is 2.72. The van der Waals surface area contributed by atoms with Gasteiger partial charge in [-0.1, -0.05) is 6.07 Å². The van der Waals surface area contributed by atoms with Gasteiger partial charge >= 0.3 is 0 Å². The number of carbonyl (C=O) groups excluding carboxylic acids is 1. The summed E-state index contributed by atoms with van der Waals surface area (Å²) in [5.41, 5.74) is 0.316. The second-order valence-electron chi connectivity index (χ2n) is 6.30. The Labute approximate surface area is 148 Å². The first-order chi connectivity index (χ1) is 11.8. The van der Waals surface area contributed by atoms with Crippen LogP contribution in [0.15, 0.2) is 52.0 Å². The average Bonchev–Trinajstić information content (AvgIpc) is 3.05. The molecular weight excluding hydrogens is 340 g/mol. The third-order valence-corrected chi connectivity index (χ3v) is 5.23. The van der Waals surface area contributed by atoms with Crippen LogP contribution >= 0.6 is 0 Å². The van der Waals surface area contributed by atoms with Gasteiger partial charge in [-0.15, -0.1) is 0 Å². The van der Waals surface area contributed by atoms with Crippen molar-refractivity contribution in [1.29, 1.82) is 0 Å². The van der Waals surface area contributed by atoms with E-state index >= 15 is 0 Å². The molecule has 136 valence electrons. The van der Waals surface area contributed by atoms with E-state index in [4.69, 9.17) is 4.42 Å². The minimum absolute atomic E-state index is 0.0633. The molecule has 0 aliphatic heterocycles. The molecule has 0 aliphatic carbocycles. The van der Waals surface area contributed by atoms with Crippen molar-refractivity contribution >= 4 is 15.9 Å². The molecule has 1 atom stereocenters. The monoisotopic (exact) mass is 364 g/mol. The Morgan fingerprint density at radius 3 is 2.56 bits per heavy atom. The van der Waals surface area contributed by atoms with Crippen LogP contribution in [0.5, 0.6) is 0 Å². The molecule has 2 aromatic rings. The number of benzene rings is 1. The molecule has 0 fully saturated rings. The van der Waals surface area contributed by atoms with E-state index in [-0.39, 0.29) is 22.9 Å². The second-order valence-corrected chi connectivity index (χ2v) is 8.01. The number of nitrogens with one attached hydrogen (secondary N) is 2. The maximum Gasteiger partial charge on any atom is 0.251 e. The lowest BCUT2D eigenvalue weighted by Gasteiger charge is -2.14. The van der Waals surface area contributed by atoms with E-state index < -0.39 is 10.0 Å². The molecule has 0 spiro atoms. The molecule has 1 aromatic heterocycles. The Morgan fingerprint density at radius 1 is 1.16 bits per heavy atom. The van der Waals surface area contributed by atoms with Gasteiger partial charge in [0.2, 0.25) is 10.0 Å². The summed E-state index contributed by atoms with van der Waals surface area (Å²) < 4.78 is 32.2. The molecule has 0 saturated carbocycles. The molecule has 6 nitrogen and oxygen atoms in total. The molecule has 0 unspecified atom stereocenters. The molecule has 0 bridgehead atoms. The zero-order chi connectivity index (χ0) is 18.4. The van der Waals surface area contributed by atoms with Crippen LogP contribution in [-0.2, 0) is 16.4 Å². The fraction of sp³-hybridized carbons (Fsp3) is 0.389. The van der Waals surface area contributed by atoms with Crippen LogP contribution in [0.4, 0.5) is 0 Å². The highest BCUT2D eigenvalue weighted by Crippen LogP contribution is 2.13. The number of carbonyl (C=O) groups is 1. The topological polar surface area (TPSA) is 88.4 Å². The van der Waals surface area contributed by atoms with Gasteiger partial charge in [-0.25, -0.2) is 13.1 Å². The number of hydrogen-bond acceptors (Lipinski definition) is 4. The van der Waals surface area contributed by atoms with Crippen LogP contribution in [0.25, 0.3) is 0 Å². The minimum Gasteiger partial charge on any atom is -0.469 e. The molecule has 7 heteroatoms. The van der Waals surface area contributed by atoms with Crippen molar-refractivity contribution in [2.75, 3.05) is 0 Å². The first kappa shape index (κ1) is 19.2.